The van der Waals surface area contributed by atoms with Crippen LogP contribution in [0.15, 0.2) is 47.8 Å². The first kappa shape index (κ1) is 16.8. The molecule has 0 spiro atoms. The van der Waals surface area contributed by atoms with Crippen molar-refractivity contribution in [1.29, 1.82) is 0 Å². The van der Waals surface area contributed by atoms with Gasteiger partial charge < -0.3 is 4.90 Å². The van der Waals surface area contributed by atoms with Crippen molar-refractivity contribution in [2.24, 2.45) is 0 Å². The molecular weight excluding hydrogens is 318 g/mol. The number of nitrogens with one attached hydrogen (secondary N) is 1. The van der Waals surface area contributed by atoms with Crippen molar-refractivity contribution in [1.82, 2.24) is 25.2 Å². The van der Waals surface area contributed by atoms with Gasteiger partial charge in [-0.1, -0.05) is 36.4 Å². The summed E-state index contributed by atoms with van der Waals surface area (Å²) in [5.74, 6) is 0. The van der Waals surface area contributed by atoms with Gasteiger partial charge in [-0.2, -0.15) is 15.4 Å². The minimum absolute atomic E-state index is 0.784. The minimum Gasteiger partial charge on any atom is -0.308 e. The molecule has 24 heavy (non-hydrogen) atoms. The second-order valence-corrected chi connectivity index (χ2v) is 7.11. The van der Waals surface area contributed by atoms with Gasteiger partial charge in [-0.05, 0) is 25.5 Å². The molecule has 126 valence electrons. The van der Waals surface area contributed by atoms with Crippen molar-refractivity contribution in [2.45, 2.75) is 13.1 Å². The third kappa shape index (κ3) is 4.50. The predicted molar refractivity (Wildman–Crippen MR) is 98.8 cm³/mol. The summed E-state index contributed by atoms with van der Waals surface area (Å²) < 4.78 is 0. The molecule has 0 atom stereocenters. The third-order valence-electron chi connectivity index (χ3n) is 3.86. The van der Waals surface area contributed by atoms with E-state index in [0.29, 0.717) is 0 Å². The molecule has 0 fully saturated rings. The largest absolute Gasteiger partial charge is 0.308 e. The molecule has 0 bridgehead atoms. The zero-order chi connectivity index (χ0) is 16.8. The van der Waals surface area contributed by atoms with Crippen LogP contribution < -0.4 is 0 Å². The maximum Gasteiger partial charge on any atom is 0.117 e. The Labute approximate surface area is 146 Å². The Hall–Kier alpha value is -2.02. The van der Waals surface area contributed by atoms with Gasteiger partial charge in [0.2, 0.25) is 0 Å². The van der Waals surface area contributed by atoms with Gasteiger partial charge in [0.05, 0.1) is 0 Å². The summed E-state index contributed by atoms with van der Waals surface area (Å²) in [4.78, 5) is 6.01. The number of nitrogens with zero attached hydrogens (tertiary/aromatic N) is 4. The molecule has 0 saturated carbocycles. The van der Waals surface area contributed by atoms with E-state index < -0.39 is 0 Å². The van der Waals surface area contributed by atoms with E-state index in [9.17, 15) is 0 Å². The molecule has 5 nitrogen and oxygen atoms in total. The van der Waals surface area contributed by atoms with E-state index in [2.05, 4.69) is 69.0 Å². The summed E-state index contributed by atoms with van der Waals surface area (Å²) >= 11 is 1.80. The monoisotopic (exact) mass is 341 g/mol. The van der Waals surface area contributed by atoms with Crippen molar-refractivity contribution in [3.05, 3.63) is 58.4 Å². The summed E-state index contributed by atoms with van der Waals surface area (Å²) in [6, 6.07) is 14.5. The Balaban J connectivity index is 1.76. The van der Waals surface area contributed by atoms with E-state index in [-0.39, 0.29) is 0 Å². The Kier molecular flexibility index (Phi) is 5.74. The molecule has 0 aliphatic rings. The van der Waals surface area contributed by atoms with Crippen molar-refractivity contribution >= 4 is 11.3 Å². The van der Waals surface area contributed by atoms with Gasteiger partial charge in [0, 0.05) is 36.6 Å². The molecule has 0 aliphatic carbocycles. The molecule has 2 heterocycles. The first-order chi connectivity index (χ1) is 11.7. The number of aromatic amines is 1. The van der Waals surface area contributed by atoms with Crippen LogP contribution in [0.3, 0.4) is 0 Å². The number of rotatable bonds is 8. The number of H-pyrrole nitrogens is 1. The van der Waals surface area contributed by atoms with Crippen LogP contribution in [0.2, 0.25) is 0 Å². The maximum atomic E-state index is 4.40. The first-order valence-corrected chi connectivity index (χ1v) is 8.95. The van der Waals surface area contributed by atoms with Crippen LogP contribution in [0, 0.1) is 0 Å². The Morgan fingerprint density at radius 2 is 1.79 bits per heavy atom. The molecule has 0 amide bonds. The lowest BCUT2D eigenvalue weighted by molar-refractivity contribution is 0.226. The normalized spacial score (nSPS) is 11.5. The summed E-state index contributed by atoms with van der Waals surface area (Å²) in [6.07, 6.45) is 0. The summed E-state index contributed by atoms with van der Waals surface area (Å²) in [5.41, 5.74) is 3.04. The number of aromatic nitrogens is 3. The van der Waals surface area contributed by atoms with Crippen molar-refractivity contribution in [2.75, 3.05) is 27.2 Å². The van der Waals surface area contributed by atoms with Gasteiger partial charge in [0.1, 0.15) is 11.4 Å². The van der Waals surface area contributed by atoms with Crippen molar-refractivity contribution in [3.8, 4) is 11.3 Å². The van der Waals surface area contributed by atoms with Crippen LogP contribution in [0.25, 0.3) is 11.3 Å². The van der Waals surface area contributed by atoms with Crippen LogP contribution in [-0.2, 0) is 13.1 Å². The van der Waals surface area contributed by atoms with E-state index in [1.807, 2.05) is 18.2 Å². The Morgan fingerprint density at radius 3 is 2.50 bits per heavy atom. The van der Waals surface area contributed by atoms with E-state index in [4.69, 9.17) is 0 Å². The number of thiophene rings is 1. The zero-order valence-electron chi connectivity index (χ0n) is 14.1. The van der Waals surface area contributed by atoms with Crippen molar-refractivity contribution < 1.29 is 0 Å². The molecule has 2 aromatic heterocycles. The number of likely N-dealkylation sites (N-methyl/N-ethyl adjacent to an activating group) is 1. The molecule has 0 saturated heterocycles. The lowest BCUT2D eigenvalue weighted by Crippen LogP contribution is -2.31. The van der Waals surface area contributed by atoms with Gasteiger partial charge in [-0.25, -0.2) is 0 Å². The molecule has 0 unspecified atom stereocenters. The van der Waals surface area contributed by atoms with E-state index >= 15 is 0 Å². The van der Waals surface area contributed by atoms with Crippen LogP contribution >= 0.6 is 11.3 Å². The van der Waals surface area contributed by atoms with Crippen LogP contribution in [-0.4, -0.2) is 52.4 Å². The number of benzene rings is 1. The maximum absolute atomic E-state index is 4.40. The van der Waals surface area contributed by atoms with E-state index in [0.717, 1.165) is 43.1 Å². The molecule has 1 N–H and O–H groups in total. The van der Waals surface area contributed by atoms with Gasteiger partial charge in [0.15, 0.2) is 0 Å². The van der Waals surface area contributed by atoms with Crippen LogP contribution in [0.5, 0.6) is 0 Å². The second-order valence-electron chi connectivity index (χ2n) is 6.08. The first-order valence-electron chi connectivity index (χ1n) is 8.07. The molecule has 0 radical (unpaired) electrons. The third-order valence-corrected chi connectivity index (χ3v) is 4.72. The van der Waals surface area contributed by atoms with E-state index in [1.165, 1.54) is 4.88 Å². The number of hydrogen-bond acceptors (Lipinski definition) is 5. The fraction of sp³-hybridized carbons (Fsp3) is 0.333. The average Bonchev–Trinajstić information content (AvgIpc) is 3.25. The standard InChI is InChI=1S/C18H23N5S/c1-22(2)10-11-23(13-16-9-6-12-24-16)14-17-18(20-21-19-17)15-7-4-3-5-8-15/h3-9,12H,10-11,13-14H2,1-2H3,(H,19,20,21). The SMILES string of the molecule is CN(C)CCN(Cc1cccs1)Cc1n[nH]nc1-c1ccccc1. The molecule has 3 aromatic rings. The highest BCUT2D eigenvalue weighted by atomic mass is 32.1. The molecule has 0 aliphatic heterocycles. The highest BCUT2D eigenvalue weighted by Crippen LogP contribution is 2.21. The lowest BCUT2D eigenvalue weighted by atomic mass is 10.1. The smallest absolute Gasteiger partial charge is 0.117 e. The van der Waals surface area contributed by atoms with Gasteiger partial charge >= 0.3 is 0 Å². The van der Waals surface area contributed by atoms with Crippen LogP contribution in [0.1, 0.15) is 10.6 Å². The highest BCUT2D eigenvalue weighted by Gasteiger charge is 2.15. The molecule has 6 heteroatoms. The summed E-state index contributed by atoms with van der Waals surface area (Å²) in [5, 5.41) is 13.7. The Bertz CT molecular complexity index is 721. The van der Waals surface area contributed by atoms with Crippen LogP contribution in [0.4, 0.5) is 0 Å². The van der Waals surface area contributed by atoms with E-state index in [1.54, 1.807) is 11.3 Å². The molecular formula is C18H23N5S. The number of hydrogen-bond donors (Lipinski definition) is 1. The average molecular weight is 341 g/mol. The van der Waals surface area contributed by atoms with Gasteiger partial charge in [0.25, 0.3) is 0 Å². The Morgan fingerprint density at radius 1 is 0.958 bits per heavy atom. The molecule has 1 aromatic carbocycles. The summed E-state index contributed by atoms with van der Waals surface area (Å²) in [6.45, 7) is 3.73. The predicted octanol–water partition coefficient (Wildman–Crippen LogP) is 3.10. The second kappa shape index (κ2) is 8.19. The lowest BCUT2D eigenvalue weighted by Gasteiger charge is -2.23. The zero-order valence-corrected chi connectivity index (χ0v) is 15.0. The van der Waals surface area contributed by atoms with Gasteiger partial charge in [-0.3, -0.25) is 4.90 Å². The summed E-state index contributed by atoms with van der Waals surface area (Å²) in [7, 11) is 4.21. The van der Waals surface area contributed by atoms with Crippen molar-refractivity contribution in [3.63, 3.8) is 0 Å². The molecule has 3 rings (SSSR count). The minimum atomic E-state index is 0.784. The highest BCUT2D eigenvalue weighted by molar-refractivity contribution is 7.09. The topological polar surface area (TPSA) is 48.0 Å². The quantitative estimate of drug-likeness (QED) is 0.684. The fourth-order valence-corrected chi connectivity index (χ4v) is 3.33. The van der Waals surface area contributed by atoms with Gasteiger partial charge in [-0.15, -0.1) is 11.3 Å². The fourth-order valence-electron chi connectivity index (χ4n) is 2.58.